The van der Waals surface area contributed by atoms with Crippen molar-refractivity contribution in [1.29, 1.82) is 0 Å². The molecule has 1 heterocycles. The lowest BCUT2D eigenvalue weighted by atomic mass is 10.2. The molecule has 98 valence electrons. The van der Waals surface area contributed by atoms with Crippen molar-refractivity contribution in [3.05, 3.63) is 48.2 Å². The van der Waals surface area contributed by atoms with Crippen molar-refractivity contribution in [2.24, 2.45) is 0 Å². The van der Waals surface area contributed by atoms with Crippen molar-refractivity contribution in [1.82, 2.24) is 4.98 Å². The maximum Gasteiger partial charge on any atom is 0.221 e. The van der Waals surface area contributed by atoms with Gasteiger partial charge in [0.2, 0.25) is 5.91 Å². The Balaban J connectivity index is 2.11. The predicted molar refractivity (Wildman–Crippen MR) is 73.7 cm³/mol. The van der Waals surface area contributed by atoms with Crippen molar-refractivity contribution >= 4 is 17.4 Å². The van der Waals surface area contributed by atoms with E-state index >= 15 is 0 Å². The molecule has 1 aromatic carbocycles. The Bertz CT molecular complexity index is 584. The van der Waals surface area contributed by atoms with Crippen LogP contribution in [0.2, 0.25) is 0 Å². The Morgan fingerprint density at radius 3 is 2.84 bits per heavy atom. The van der Waals surface area contributed by atoms with Gasteiger partial charge >= 0.3 is 0 Å². The molecular weight excluding hydrogens is 242 g/mol. The molecule has 1 aromatic heterocycles. The third-order valence-corrected chi connectivity index (χ3v) is 2.51. The van der Waals surface area contributed by atoms with Crippen LogP contribution in [0.15, 0.2) is 42.6 Å². The van der Waals surface area contributed by atoms with Crippen LogP contribution in [-0.4, -0.2) is 10.9 Å². The van der Waals surface area contributed by atoms with Crippen LogP contribution in [0.5, 0.6) is 5.75 Å². The van der Waals surface area contributed by atoms with Crippen LogP contribution in [0, 0.1) is 0 Å². The minimum Gasteiger partial charge on any atom is -0.485 e. The number of carbonyl (C=O) groups is 1. The highest BCUT2D eigenvalue weighted by molar-refractivity contribution is 5.89. The average molecular weight is 257 g/mol. The van der Waals surface area contributed by atoms with E-state index in [1.54, 1.807) is 18.3 Å². The Kier molecular flexibility index (Phi) is 3.97. The highest BCUT2D eigenvalue weighted by Gasteiger charge is 2.05. The Morgan fingerprint density at radius 1 is 1.32 bits per heavy atom. The third-order valence-electron chi connectivity index (χ3n) is 2.51. The summed E-state index contributed by atoms with van der Waals surface area (Å²) in [6.45, 7) is 1.78. The van der Waals surface area contributed by atoms with Crippen LogP contribution in [0.3, 0.4) is 0 Å². The van der Waals surface area contributed by atoms with Gasteiger partial charge in [-0.05, 0) is 18.2 Å². The molecule has 19 heavy (non-hydrogen) atoms. The van der Waals surface area contributed by atoms with Crippen molar-refractivity contribution in [3.63, 3.8) is 0 Å². The van der Waals surface area contributed by atoms with Gasteiger partial charge in [0.15, 0.2) is 11.6 Å². The van der Waals surface area contributed by atoms with Gasteiger partial charge in [-0.2, -0.15) is 0 Å². The van der Waals surface area contributed by atoms with Gasteiger partial charge in [0, 0.05) is 24.4 Å². The van der Waals surface area contributed by atoms with Crippen molar-refractivity contribution in [2.45, 2.75) is 13.5 Å². The quantitative estimate of drug-likeness (QED) is 0.880. The van der Waals surface area contributed by atoms with E-state index in [0.717, 1.165) is 11.3 Å². The number of ether oxygens (including phenoxy) is 1. The van der Waals surface area contributed by atoms with Gasteiger partial charge in [-0.3, -0.25) is 4.79 Å². The maximum atomic E-state index is 11.1. The number of nitrogens with one attached hydrogen (secondary N) is 1. The van der Waals surface area contributed by atoms with Crippen LogP contribution in [0.4, 0.5) is 11.5 Å². The molecule has 0 atom stereocenters. The maximum absolute atomic E-state index is 11.1. The smallest absolute Gasteiger partial charge is 0.221 e. The number of hydrogen-bond donors (Lipinski definition) is 2. The summed E-state index contributed by atoms with van der Waals surface area (Å²) in [5.74, 6) is 0.757. The van der Waals surface area contributed by atoms with Crippen LogP contribution in [0.25, 0.3) is 0 Å². The molecule has 3 N–H and O–H groups in total. The molecule has 2 aromatic rings. The number of hydrogen-bond acceptors (Lipinski definition) is 4. The van der Waals surface area contributed by atoms with E-state index in [9.17, 15) is 4.79 Å². The first kappa shape index (κ1) is 12.9. The number of amides is 1. The SMILES string of the molecule is CC(=O)Nc1ccccc1COc1cccnc1N. The minimum atomic E-state index is -0.117. The number of aromatic nitrogens is 1. The third kappa shape index (κ3) is 3.45. The lowest BCUT2D eigenvalue weighted by Gasteiger charge is -2.11. The zero-order valence-corrected chi connectivity index (χ0v) is 10.6. The van der Waals surface area contributed by atoms with E-state index in [-0.39, 0.29) is 5.91 Å². The second kappa shape index (κ2) is 5.86. The molecule has 5 heteroatoms. The molecule has 0 fully saturated rings. The molecule has 0 unspecified atom stereocenters. The highest BCUT2D eigenvalue weighted by atomic mass is 16.5. The van der Waals surface area contributed by atoms with Crippen molar-refractivity contribution in [3.8, 4) is 5.75 Å². The second-order valence-corrected chi connectivity index (χ2v) is 4.01. The zero-order valence-electron chi connectivity index (χ0n) is 10.6. The summed E-state index contributed by atoms with van der Waals surface area (Å²) in [4.78, 5) is 15.1. The molecule has 0 spiro atoms. The number of pyridine rings is 1. The number of anilines is 2. The van der Waals surface area contributed by atoms with Gasteiger partial charge in [0.05, 0.1) is 0 Å². The minimum absolute atomic E-state index is 0.117. The van der Waals surface area contributed by atoms with Gasteiger partial charge in [0.1, 0.15) is 6.61 Å². The lowest BCUT2D eigenvalue weighted by Crippen LogP contribution is -2.09. The topological polar surface area (TPSA) is 77.2 Å². The lowest BCUT2D eigenvalue weighted by molar-refractivity contribution is -0.114. The molecule has 5 nitrogen and oxygen atoms in total. The van der Waals surface area contributed by atoms with Crippen LogP contribution < -0.4 is 15.8 Å². The van der Waals surface area contributed by atoms with Crippen LogP contribution >= 0.6 is 0 Å². The number of benzene rings is 1. The van der Waals surface area contributed by atoms with Crippen molar-refractivity contribution in [2.75, 3.05) is 11.1 Å². The average Bonchev–Trinajstić information content (AvgIpc) is 2.39. The first-order valence-electron chi connectivity index (χ1n) is 5.85. The second-order valence-electron chi connectivity index (χ2n) is 4.01. The number of nitrogens with zero attached hydrogens (tertiary/aromatic N) is 1. The number of nitrogen functional groups attached to an aromatic ring is 1. The molecule has 2 rings (SSSR count). The first-order chi connectivity index (χ1) is 9.16. The van der Waals surface area contributed by atoms with E-state index in [1.807, 2.05) is 24.3 Å². The molecule has 0 aliphatic rings. The predicted octanol–water partition coefficient (Wildman–Crippen LogP) is 2.20. The molecule has 0 saturated heterocycles. The molecule has 0 saturated carbocycles. The van der Waals surface area contributed by atoms with Gasteiger partial charge < -0.3 is 15.8 Å². The summed E-state index contributed by atoms with van der Waals surface area (Å²) in [5.41, 5.74) is 7.31. The van der Waals surface area contributed by atoms with Crippen molar-refractivity contribution < 1.29 is 9.53 Å². The molecule has 0 bridgehead atoms. The molecule has 0 aliphatic heterocycles. The van der Waals surface area contributed by atoms with Gasteiger partial charge in [-0.25, -0.2) is 4.98 Å². The first-order valence-corrected chi connectivity index (χ1v) is 5.85. The highest BCUT2D eigenvalue weighted by Crippen LogP contribution is 2.21. The van der Waals surface area contributed by atoms with Crippen LogP contribution in [0.1, 0.15) is 12.5 Å². The summed E-state index contributed by atoms with van der Waals surface area (Å²) in [5, 5.41) is 2.76. The van der Waals surface area contributed by atoms with Crippen LogP contribution in [-0.2, 0) is 11.4 Å². The van der Waals surface area contributed by atoms with E-state index in [0.29, 0.717) is 18.2 Å². The summed E-state index contributed by atoms with van der Waals surface area (Å²) >= 11 is 0. The monoisotopic (exact) mass is 257 g/mol. The fourth-order valence-corrected chi connectivity index (χ4v) is 1.64. The summed E-state index contributed by atoms with van der Waals surface area (Å²) < 4.78 is 5.61. The van der Waals surface area contributed by atoms with E-state index in [1.165, 1.54) is 6.92 Å². The fraction of sp³-hybridized carbons (Fsp3) is 0.143. The zero-order chi connectivity index (χ0) is 13.7. The summed E-state index contributed by atoms with van der Waals surface area (Å²) in [7, 11) is 0. The summed E-state index contributed by atoms with van der Waals surface area (Å²) in [6.07, 6.45) is 1.60. The van der Waals surface area contributed by atoms with E-state index < -0.39 is 0 Å². The molecule has 0 radical (unpaired) electrons. The molecule has 0 aliphatic carbocycles. The molecule has 1 amide bonds. The van der Waals surface area contributed by atoms with E-state index in [2.05, 4.69) is 10.3 Å². The Hall–Kier alpha value is -2.56. The number of carbonyl (C=O) groups excluding carboxylic acids is 1. The fourth-order valence-electron chi connectivity index (χ4n) is 1.64. The molecular formula is C14H15N3O2. The Morgan fingerprint density at radius 2 is 2.11 bits per heavy atom. The standard InChI is InChI=1S/C14H15N3O2/c1-10(18)17-12-6-3-2-5-11(12)9-19-13-7-4-8-16-14(13)15/h2-8H,9H2,1H3,(H2,15,16)(H,17,18). The number of rotatable bonds is 4. The largest absolute Gasteiger partial charge is 0.485 e. The number of nitrogens with two attached hydrogens (primary N) is 1. The van der Waals surface area contributed by atoms with E-state index in [4.69, 9.17) is 10.5 Å². The number of para-hydroxylation sites is 1. The Labute approximate surface area is 111 Å². The van der Waals surface area contributed by atoms with Gasteiger partial charge in [-0.1, -0.05) is 18.2 Å². The summed E-state index contributed by atoms with van der Waals surface area (Å²) in [6, 6.07) is 11.0. The normalized spacial score (nSPS) is 9.95. The van der Waals surface area contributed by atoms with Gasteiger partial charge in [0.25, 0.3) is 0 Å². The van der Waals surface area contributed by atoms with Gasteiger partial charge in [-0.15, -0.1) is 0 Å².